The number of aryl methyl sites for hydroxylation is 1. The van der Waals surface area contributed by atoms with E-state index in [9.17, 15) is 4.39 Å². The lowest BCUT2D eigenvalue weighted by Crippen LogP contribution is -2.05. The summed E-state index contributed by atoms with van der Waals surface area (Å²) in [5.41, 5.74) is 2.86. The van der Waals surface area contributed by atoms with Gasteiger partial charge in [0, 0.05) is 18.1 Å². The average molecular weight is 334 g/mol. The molecular weight excluding hydrogens is 321 g/mol. The molecule has 5 heteroatoms. The quantitative estimate of drug-likeness (QED) is 0.782. The smallest absolute Gasteiger partial charge is 0.203 e. The lowest BCUT2D eigenvalue weighted by Gasteiger charge is -2.08. The number of benzene rings is 2. The van der Waals surface area contributed by atoms with Crippen LogP contribution in [-0.2, 0) is 13.6 Å². The molecule has 20 heavy (non-hydrogen) atoms. The fourth-order valence-corrected chi connectivity index (χ4v) is 2.54. The number of rotatable bonds is 3. The summed E-state index contributed by atoms with van der Waals surface area (Å²) in [4.78, 5) is 4.52. The third-order valence-corrected chi connectivity index (χ3v) is 4.01. The highest BCUT2D eigenvalue weighted by molar-refractivity contribution is 9.10. The molecule has 1 aromatic heterocycles. The first-order valence-corrected chi connectivity index (χ1v) is 7.04. The molecule has 0 saturated carbocycles. The van der Waals surface area contributed by atoms with E-state index in [0.717, 1.165) is 27.0 Å². The van der Waals surface area contributed by atoms with Crippen molar-refractivity contribution in [3.63, 3.8) is 0 Å². The molecule has 0 atom stereocenters. The molecule has 102 valence electrons. The standard InChI is InChI=1S/C15H13BrFN3/c1-20-14-5-3-2-4-13(14)19-15(20)18-9-10-8-11(17)6-7-12(10)16/h2-8H,9H2,1H3,(H,18,19). The van der Waals surface area contributed by atoms with Crippen molar-refractivity contribution in [1.82, 2.24) is 9.55 Å². The van der Waals surface area contributed by atoms with Gasteiger partial charge >= 0.3 is 0 Å². The first-order valence-electron chi connectivity index (χ1n) is 6.24. The molecule has 3 rings (SSSR count). The van der Waals surface area contributed by atoms with E-state index in [4.69, 9.17) is 0 Å². The van der Waals surface area contributed by atoms with Crippen molar-refractivity contribution in [2.45, 2.75) is 6.54 Å². The van der Waals surface area contributed by atoms with Crippen LogP contribution in [0.2, 0.25) is 0 Å². The van der Waals surface area contributed by atoms with Crippen molar-refractivity contribution in [2.24, 2.45) is 7.05 Å². The number of para-hydroxylation sites is 2. The summed E-state index contributed by atoms with van der Waals surface area (Å²) >= 11 is 3.42. The van der Waals surface area contributed by atoms with Gasteiger partial charge in [0.2, 0.25) is 5.95 Å². The highest BCUT2D eigenvalue weighted by Crippen LogP contribution is 2.21. The number of anilines is 1. The Hall–Kier alpha value is -1.88. The van der Waals surface area contributed by atoms with Gasteiger partial charge in [-0.1, -0.05) is 28.1 Å². The van der Waals surface area contributed by atoms with Crippen LogP contribution in [-0.4, -0.2) is 9.55 Å². The van der Waals surface area contributed by atoms with Crippen molar-refractivity contribution in [3.05, 3.63) is 58.3 Å². The van der Waals surface area contributed by atoms with E-state index in [1.54, 1.807) is 6.07 Å². The maximum Gasteiger partial charge on any atom is 0.203 e. The normalized spacial score (nSPS) is 10.9. The monoisotopic (exact) mass is 333 g/mol. The Labute approximate surface area is 124 Å². The van der Waals surface area contributed by atoms with Crippen molar-refractivity contribution in [2.75, 3.05) is 5.32 Å². The second-order valence-corrected chi connectivity index (χ2v) is 5.43. The first-order chi connectivity index (χ1) is 9.65. The number of nitrogens with one attached hydrogen (secondary N) is 1. The molecule has 2 aromatic carbocycles. The molecule has 3 nitrogen and oxygen atoms in total. The summed E-state index contributed by atoms with van der Waals surface area (Å²) in [6.45, 7) is 0.509. The fourth-order valence-electron chi connectivity index (χ4n) is 2.16. The van der Waals surface area contributed by atoms with Gasteiger partial charge in [0.05, 0.1) is 11.0 Å². The number of hydrogen-bond donors (Lipinski definition) is 1. The zero-order valence-electron chi connectivity index (χ0n) is 10.9. The van der Waals surface area contributed by atoms with Gasteiger partial charge < -0.3 is 9.88 Å². The van der Waals surface area contributed by atoms with E-state index in [2.05, 4.69) is 26.2 Å². The molecule has 0 aliphatic heterocycles. The van der Waals surface area contributed by atoms with Gasteiger partial charge in [-0.2, -0.15) is 0 Å². The lowest BCUT2D eigenvalue weighted by molar-refractivity contribution is 0.625. The Morgan fingerprint density at radius 3 is 2.85 bits per heavy atom. The molecule has 0 saturated heterocycles. The van der Waals surface area contributed by atoms with E-state index in [1.165, 1.54) is 12.1 Å². The van der Waals surface area contributed by atoms with Crippen LogP contribution < -0.4 is 5.32 Å². The van der Waals surface area contributed by atoms with Gasteiger partial charge in [0.25, 0.3) is 0 Å². The minimum atomic E-state index is -0.241. The summed E-state index contributed by atoms with van der Waals surface area (Å²) in [5, 5.41) is 3.24. The van der Waals surface area contributed by atoms with Gasteiger partial charge in [-0.3, -0.25) is 0 Å². The van der Waals surface area contributed by atoms with Crippen molar-refractivity contribution in [1.29, 1.82) is 0 Å². The van der Waals surface area contributed by atoms with Gasteiger partial charge in [-0.05, 0) is 35.9 Å². The van der Waals surface area contributed by atoms with Crippen molar-refractivity contribution >= 4 is 32.9 Å². The number of imidazole rings is 1. The van der Waals surface area contributed by atoms with Gasteiger partial charge in [-0.25, -0.2) is 9.37 Å². The third-order valence-electron chi connectivity index (χ3n) is 3.23. The molecule has 3 aromatic rings. The van der Waals surface area contributed by atoms with Crippen LogP contribution in [0.5, 0.6) is 0 Å². The summed E-state index contributed by atoms with van der Waals surface area (Å²) in [6, 6.07) is 12.6. The zero-order valence-corrected chi connectivity index (χ0v) is 12.5. The summed E-state index contributed by atoms with van der Waals surface area (Å²) in [6.07, 6.45) is 0. The molecule has 0 bridgehead atoms. The second-order valence-electron chi connectivity index (χ2n) is 4.57. The van der Waals surface area contributed by atoms with Crippen LogP contribution in [0.1, 0.15) is 5.56 Å². The van der Waals surface area contributed by atoms with Crippen LogP contribution in [0.4, 0.5) is 10.3 Å². The van der Waals surface area contributed by atoms with Crippen LogP contribution in [0.15, 0.2) is 46.9 Å². The summed E-state index contributed by atoms with van der Waals surface area (Å²) in [5.74, 6) is 0.525. The van der Waals surface area contributed by atoms with E-state index >= 15 is 0 Å². The first kappa shape index (κ1) is 13.1. The maximum absolute atomic E-state index is 13.3. The largest absolute Gasteiger partial charge is 0.352 e. The Morgan fingerprint density at radius 1 is 1.25 bits per heavy atom. The summed E-state index contributed by atoms with van der Waals surface area (Å²) in [7, 11) is 1.96. The van der Waals surface area contributed by atoms with E-state index in [1.807, 2.05) is 35.9 Å². The number of nitrogens with zero attached hydrogens (tertiary/aromatic N) is 2. The second kappa shape index (κ2) is 5.25. The Bertz CT molecular complexity index is 767. The topological polar surface area (TPSA) is 29.9 Å². The lowest BCUT2D eigenvalue weighted by atomic mass is 10.2. The third kappa shape index (κ3) is 2.41. The van der Waals surface area contributed by atoms with E-state index < -0.39 is 0 Å². The highest BCUT2D eigenvalue weighted by Gasteiger charge is 2.08. The maximum atomic E-state index is 13.3. The Balaban J connectivity index is 1.87. The van der Waals surface area contributed by atoms with E-state index in [0.29, 0.717) is 6.54 Å². The van der Waals surface area contributed by atoms with Crippen LogP contribution in [0.25, 0.3) is 11.0 Å². The summed E-state index contributed by atoms with van der Waals surface area (Å²) < 4.78 is 16.1. The molecule has 0 aliphatic rings. The number of hydrogen-bond acceptors (Lipinski definition) is 2. The van der Waals surface area contributed by atoms with Gasteiger partial charge in [0.15, 0.2) is 0 Å². The average Bonchev–Trinajstić information content (AvgIpc) is 2.77. The van der Waals surface area contributed by atoms with Crippen LogP contribution in [0, 0.1) is 5.82 Å². The molecule has 0 radical (unpaired) electrons. The SMILES string of the molecule is Cn1c(NCc2cc(F)ccc2Br)nc2ccccc21. The Morgan fingerprint density at radius 2 is 2.05 bits per heavy atom. The molecule has 0 unspecified atom stereocenters. The fraction of sp³-hybridized carbons (Fsp3) is 0.133. The van der Waals surface area contributed by atoms with Crippen LogP contribution >= 0.6 is 15.9 Å². The molecular formula is C15H13BrFN3. The molecule has 0 amide bonds. The zero-order chi connectivity index (χ0) is 14.1. The predicted octanol–water partition coefficient (Wildman–Crippen LogP) is 4.09. The molecule has 1 N–H and O–H groups in total. The molecule has 0 fully saturated rings. The van der Waals surface area contributed by atoms with Gasteiger partial charge in [-0.15, -0.1) is 0 Å². The highest BCUT2D eigenvalue weighted by atomic mass is 79.9. The number of aromatic nitrogens is 2. The van der Waals surface area contributed by atoms with Crippen molar-refractivity contribution < 1.29 is 4.39 Å². The minimum Gasteiger partial charge on any atom is -0.352 e. The predicted molar refractivity (Wildman–Crippen MR) is 82.1 cm³/mol. The molecule has 0 aliphatic carbocycles. The van der Waals surface area contributed by atoms with Gasteiger partial charge in [0.1, 0.15) is 5.82 Å². The Kier molecular flexibility index (Phi) is 3.44. The molecule has 0 spiro atoms. The minimum absolute atomic E-state index is 0.241. The van der Waals surface area contributed by atoms with Crippen LogP contribution in [0.3, 0.4) is 0 Å². The number of fused-ring (bicyclic) bond motifs is 1. The number of halogens is 2. The van der Waals surface area contributed by atoms with Crippen molar-refractivity contribution in [3.8, 4) is 0 Å². The molecule has 1 heterocycles. The van der Waals surface area contributed by atoms with E-state index in [-0.39, 0.29) is 5.82 Å².